The van der Waals surface area contributed by atoms with Crippen LogP contribution in [0.2, 0.25) is 10.0 Å². The van der Waals surface area contributed by atoms with Crippen LogP contribution < -0.4 is 19.5 Å². The SMILES string of the molecule is COc1ccc(C)cc1S(=O)(=O)N(CC(=O)Nc1ccc(S(N)(=O)=O)cc1)c1ccc(Cl)c(Cl)c1. The quantitative estimate of drug-likeness (QED) is 0.432. The Kier molecular flexibility index (Phi) is 7.97. The van der Waals surface area contributed by atoms with Gasteiger partial charge in [-0.2, -0.15) is 0 Å². The van der Waals surface area contributed by atoms with Crippen molar-refractivity contribution in [3.05, 3.63) is 76.3 Å². The first-order valence-corrected chi connectivity index (χ1v) is 13.6. The van der Waals surface area contributed by atoms with Crippen molar-refractivity contribution >= 4 is 60.5 Å². The van der Waals surface area contributed by atoms with Gasteiger partial charge < -0.3 is 10.1 Å². The van der Waals surface area contributed by atoms with Crippen LogP contribution in [0.15, 0.2) is 70.5 Å². The van der Waals surface area contributed by atoms with E-state index in [9.17, 15) is 21.6 Å². The van der Waals surface area contributed by atoms with Gasteiger partial charge in [-0.15, -0.1) is 0 Å². The molecule has 3 N–H and O–H groups in total. The number of benzene rings is 3. The first kappa shape index (κ1) is 26.8. The number of methoxy groups -OCH3 is 1. The first-order valence-electron chi connectivity index (χ1n) is 9.88. The average Bonchev–Trinajstić information content (AvgIpc) is 2.79. The lowest BCUT2D eigenvalue weighted by Crippen LogP contribution is -2.38. The van der Waals surface area contributed by atoms with Crippen molar-refractivity contribution in [1.82, 2.24) is 0 Å². The van der Waals surface area contributed by atoms with E-state index < -0.39 is 32.5 Å². The van der Waals surface area contributed by atoms with E-state index in [1.807, 2.05) is 0 Å². The number of nitrogens with zero attached hydrogens (tertiary/aromatic N) is 1. The molecular formula is C22H21Cl2N3O6S2. The predicted molar refractivity (Wildman–Crippen MR) is 135 cm³/mol. The van der Waals surface area contributed by atoms with Crippen LogP contribution in [0.25, 0.3) is 0 Å². The number of halogens is 2. The fourth-order valence-electron chi connectivity index (χ4n) is 3.12. The topological polar surface area (TPSA) is 136 Å². The van der Waals surface area contributed by atoms with E-state index in [0.29, 0.717) is 5.56 Å². The third-order valence-corrected chi connectivity index (χ3v) is 8.30. The highest BCUT2D eigenvalue weighted by atomic mass is 35.5. The number of aryl methyl sites for hydroxylation is 1. The van der Waals surface area contributed by atoms with Gasteiger partial charge in [-0.1, -0.05) is 29.3 Å². The summed E-state index contributed by atoms with van der Waals surface area (Å²) >= 11 is 12.1. The molecule has 0 radical (unpaired) electrons. The van der Waals surface area contributed by atoms with Gasteiger partial charge in [0.05, 0.1) is 27.7 Å². The highest BCUT2D eigenvalue weighted by Gasteiger charge is 2.30. The highest BCUT2D eigenvalue weighted by Crippen LogP contribution is 2.33. The van der Waals surface area contributed by atoms with E-state index in [4.69, 9.17) is 33.1 Å². The van der Waals surface area contributed by atoms with Crippen LogP contribution >= 0.6 is 23.2 Å². The summed E-state index contributed by atoms with van der Waals surface area (Å²) in [7, 11) is -6.88. The summed E-state index contributed by atoms with van der Waals surface area (Å²) in [4.78, 5) is 12.6. The van der Waals surface area contributed by atoms with Crippen molar-refractivity contribution in [2.24, 2.45) is 5.14 Å². The Balaban J connectivity index is 2.00. The summed E-state index contributed by atoms with van der Waals surface area (Å²) in [5, 5.41) is 7.92. The van der Waals surface area contributed by atoms with Crippen LogP contribution in [-0.2, 0) is 24.8 Å². The molecule has 0 spiro atoms. The maximum Gasteiger partial charge on any atom is 0.268 e. The minimum absolute atomic E-state index is 0.0968. The molecule has 9 nitrogen and oxygen atoms in total. The van der Waals surface area contributed by atoms with E-state index in [-0.39, 0.29) is 37.0 Å². The molecule has 186 valence electrons. The van der Waals surface area contributed by atoms with Gasteiger partial charge >= 0.3 is 0 Å². The molecule has 3 aromatic carbocycles. The molecule has 0 aliphatic heterocycles. The summed E-state index contributed by atoms with van der Waals surface area (Å²) in [6.07, 6.45) is 0. The maximum absolute atomic E-state index is 13.7. The van der Waals surface area contributed by atoms with Gasteiger partial charge in [0.25, 0.3) is 10.0 Å². The Bertz CT molecular complexity index is 1480. The van der Waals surface area contributed by atoms with E-state index in [1.165, 1.54) is 61.7 Å². The van der Waals surface area contributed by atoms with Gasteiger partial charge in [0, 0.05) is 5.69 Å². The maximum atomic E-state index is 13.7. The molecule has 0 atom stereocenters. The largest absolute Gasteiger partial charge is 0.495 e. The molecule has 0 bridgehead atoms. The zero-order valence-electron chi connectivity index (χ0n) is 18.5. The predicted octanol–water partition coefficient (Wildman–Crippen LogP) is 3.79. The number of rotatable bonds is 8. The lowest BCUT2D eigenvalue weighted by atomic mass is 10.2. The van der Waals surface area contributed by atoms with Crippen molar-refractivity contribution in [1.29, 1.82) is 0 Å². The summed E-state index contributed by atoms with van der Waals surface area (Å²) < 4.78 is 56.4. The number of nitrogens with two attached hydrogens (primary N) is 1. The summed E-state index contributed by atoms with van der Waals surface area (Å²) in [6.45, 7) is 1.09. The highest BCUT2D eigenvalue weighted by molar-refractivity contribution is 7.93. The van der Waals surface area contributed by atoms with E-state index >= 15 is 0 Å². The zero-order chi connectivity index (χ0) is 26.0. The molecule has 13 heteroatoms. The monoisotopic (exact) mass is 557 g/mol. The van der Waals surface area contributed by atoms with Gasteiger partial charge in [0.1, 0.15) is 17.2 Å². The fraction of sp³-hybridized carbons (Fsp3) is 0.136. The average molecular weight is 558 g/mol. The number of anilines is 2. The van der Waals surface area contributed by atoms with Gasteiger partial charge in [0.15, 0.2) is 0 Å². The molecule has 0 saturated heterocycles. The summed E-state index contributed by atoms with van der Waals surface area (Å²) in [5.41, 5.74) is 1.00. The Morgan fingerprint density at radius 3 is 2.20 bits per heavy atom. The van der Waals surface area contributed by atoms with Crippen molar-refractivity contribution < 1.29 is 26.4 Å². The molecular weight excluding hydrogens is 537 g/mol. The number of amides is 1. The molecule has 3 aromatic rings. The van der Waals surface area contributed by atoms with Crippen LogP contribution in [0.5, 0.6) is 5.75 Å². The molecule has 35 heavy (non-hydrogen) atoms. The molecule has 0 fully saturated rings. The molecule has 1 amide bonds. The third kappa shape index (κ3) is 6.24. The normalized spacial score (nSPS) is 11.7. The lowest BCUT2D eigenvalue weighted by molar-refractivity contribution is -0.114. The Labute approximate surface area is 213 Å². The summed E-state index contributed by atoms with van der Waals surface area (Å²) in [5.74, 6) is -0.603. The van der Waals surface area contributed by atoms with Crippen molar-refractivity contribution in [2.45, 2.75) is 16.7 Å². The molecule has 0 aliphatic carbocycles. The van der Waals surface area contributed by atoms with E-state index in [2.05, 4.69) is 5.32 Å². The molecule has 0 aromatic heterocycles. The van der Waals surface area contributed by atoms with E-state index in [1.54, 1.807) is 13.0 Å². The smallest absolute Gasteiger partial charge is 0.268 e. The van der Waals surface area contributed by atoms with Gasteiger partial charge in [-0.3, -0.25) is 9.10 Å². The number of carbonyl (C=O) groups is 1. The van der Waals surface area contributed by atoms with Gasteiger partial charge in [-0.25, -0.2) is 22.0 Å². The van der Waals surface area contributed by atoms with E-state index in [0.717, 1.165) is 4.31 Å². The molecule has 0 heterocycles. The van der Waals surface area contributed by atoms with Gasteiger partial charge in [0.2, 0.25) is 15.9 Å². The van der Waals surface area contributed by atoms with Gasteiger partial charge in [-0.05, 0) is 67.1 Å². The molecule has 0 aliphatic rings. The van der Waals surface area contributed by atoms with Crippen LogP contribution in [0.1, 0.15) is 5.56 Å². The molecule has 3 rings (SSSR count). The number of ether oxygens (including phenoxy) is 1. The molecule has 0 saturated carbocycles. The molecule has 0 unspecified atom stereocenters. The second-order valence-corrected chi connectivity index (χ2v) is 11.6. The standard InChI is InChI=1S/C22H21Cl2N3O6S2/c1-14-3-10-20(33-2)21(11-14)35(31,32)27(16-6-9-18(23)19(24)12-16)13-22(28)26-15-4-7-17(8-5-15)34(25,29)30/h3-12H,13H2,1-2H3,(H,26,28)(H2,25,29,30). The fourth-order valence-corrected chi connectivity index (χ4v) is 5.58. The van der Waals surface area contributed by atoms with Crippen LogP contribution in [0.3, 0.4) is 0 Å². The first-order chi connectivity index (χ1) is 16.3. The zero-order valence-corrected chi connectivity index (χ0v) is 21.7. The number of primary sulfonamides is 1. The Hall–Kier alpha value is -2.83. The Morgan fingerprint density at radius 2 is 1.63 bits per heavy atom. The van der Waals surface area contributed by atoms with Crippen molar-refractivity contribution in [3.63, 3.8) is 0 Å². The minimum atomic E-state index is -4.31. The minimum Gasteiger partial charge on any atom is -0.495 e. The van der Waals surface area contributed by atoms with Crippen LogP contribution in [-0.4, -0.2) is 36.4 Å². The summed E-state index contributed by atoms with van der Waals surface area (Å²) in [6, 6.07) is 13.9. The van der Waals surface area contributed by atoms with Crippen LogP contribution in [0, 0.1) is 6.92 Å². The number of carbonyl (C=O) groups excluding carboxylic acids is 1. The number of nitrogens with one attached hydrogen (secondary N) is 1. The number of hydrogen-bond donors (Lipinski definition) is 2. The third-order valence-electron chi connectivity index (χ3n) is 4.83. The second kappa shape index (κ2) is 10.4. The second-order valence-electron chi connectivity index (χ2n) is 7.38. The van der Waals surface area contributed by atoms with Crippen molar-refractivity contribution in [3.8, 4) is 5.75 Å². The number of sulfonamides is 2. The number of hydrogen-bond acceptors (Lipinski definition) is 6. The lowest BCUT2D eigenvalue weighted by Gasteiger charge is -2.25. The Morgan fingerprint density at radius 1 is 0.971 bits per heavy atom. The van der Waals surface area contributed by atoms with Crippen LogP contribution in [0.4, 0.5) is 11.4 Å². The van der Waals surface area contributed by atoms with Crippen molar-refractivity contribution in [2.75, 3.05) is 23.3 Å².